The number of halogens is 1. The van der Waals surface area contributed by atoms with Crippen molar-refractivity contribution < 1.29 is 4.39 Å². The van der Waals surface area contributed by atoms with E-state index in [0.29, 0.717) is 5.95 Å². The first-order valence-electron chi connectivity index (χ1n) is 6.15. The lowest BCUT2D eigenvalue weighted by atomic mass is 9.83. The highest BCUT2D eigenvalue weighted by Crippen LogP contribution is 2.30. The molecule has 1 fully saturated rings. The van der Waals surface area contributed by atoms with Crippen LogP contribution in [0.25, 0.3) is 11.0 Å². The number of hydrogen-bond donors (Lipinski definition) is 1. The molecular weight excluding hydrogens is 217 g/mol. The number of fused-ring (bicyclic) bond motifs is 1. The van der Waals surface area contributed by atoms with Crippen molar-refractivity contribution in [3.63, 3.8) is 0 Å². The molecule has 90 valence electrons. The van der Waals surface area contributed by atoms with Crippen molar-refractivity contribution >= 4 is 17.0 Å². The minimum atomic E-state index is -0.234. The first-order valence-corrected chi connectivity index (χ1v) is 6.15. The second-order valence-corrected chi connectivity index (χ2v) is 4.84. The van der Waals surface area contributed by atoms with E-state index in [1.54, 1.807) is 6.07 Å². The van der Waals surface area contributed by atoms with Crippen molar-refractivity contribution in [2.75, 3.05) is 5.73 Å². The number of rotatable bonds is 3. The Kier molecular flexibility index (Phi) is 2.50. The molecule has 17 heavy (non-hydrogen) atoms. The summed E-state index contributed by atoms with van der Waals surface area (Å²) in [7, 11) is 0. The van der Waals surface area contributed by atoms with Crippen LogP contribution >= 0.6 is 0 Å². The van der Waals surface area contributed by atoms with E-state index in [1.165, 1.54) is 31.4 Å². The molecule has 0 spiro atoms. The SMILES string of the molecule is Nc1nc2ccc(F)cc2n1CCC1CCC1. The van der Waals surface area contributed by atoms with Gasteiger partial charge in [-0.1, -0.05) is 19.3 Å². The predicted octanol–water partition coefficient (Wildman–Crippen LogP) is 2.95. The Morgan fingerprint density at radius 3 is 2.94 bits per heavy atom. The fourth-order valence-corrected chi connectivity index (χ4v) is 2.44. The highest BCUT2D eigenvalue weighted by Gasteiger charge is 2.18. The smallest absolute Gasteiger partial charge is 0.201 e. The Hall–Kier alpha value is -1.58. The van der Waals surface area contributed by atoms with E-state index >= 15 is 0 Å². The Morgan fingerprint density at radius 1 is 1.41 bits per heavy atom. The number of hydrogen-bond acceptors (Lipinski definition) is 2. The van der Waals surface area contributed by atoms with Crippen LogP contribution in [0.3, 0.4) is 0 Å². The van der Waals surface area contributed by atoms with Gasteiger partial charge >= 0.3 is 0 Å². The van der Waals surface area contributed by atoms with Crippen LogP contribution in [0.1, 0.15) is 25.7 Å². The number of nitrogens with two attached hydrogens (primary N) is 1. The molecule has 3 nitrogen and oxygen atoms in total. The Labute approximate surface area is 99.4 Å². The number of nitrogen functional groups attached to an aromatic ring is 1. The molecular formula is C13H16FN3. The summed E-state index contributed by atoms with van der Waals surface area (Å²) in [4.78, 5) is 4.25. The topological polar surface area (TPSA) is 43.8 Å². The number of imidazole rings is 1. The van der Waals surface area contributed by atoms with Gasteiger partial charge in [-0.25, -0.2) is 9.37 Å². The Morgan fingerprint density at radius 2 is 2.24 bits per heavy atom. The van der Waals surface area contributed by atoms with Crippen LogP contribution in [0.2, 0.25) is 0 Å². The second-order valence-electron chi connectivity index (χ2n) is 4.84. The highest BCUT2D eigenvalue weighted by atomic mass is 19.1. The molecule has 1 heterocycles. The number of aromatic nitrogens is 2. The third-order valence-corrected chi connectivity index (χ3v) is 3.73. The molecule has 0 radical (unpaired) electrons. The lowest BCUT2D eigenvalue weighted by Crippen LogP contribution is -2.14. The van der Waals surface area contributed by atoms with Gasteiger partial charge in [0.25, 0.3) is 0 Å². The van der Waals surface area contributed by atoms with Crippen LogP contribution in [0, 0.1) is 11.7 Å². The van der Waals surface area contributed by atoms with Gasteiger partial charge in [-0.3, -0.25) is 0 Å². The van der Waals surface area contributed by atoms with Crippen LogP contribution in [0.5, 0.6) is 0 Å². The van der Waals surface area contributed by atoms with E-state index in [2.05, 4.69) is 4.98 Å². The molecule has 2 aromatic rings. The fourth-order valence-electron chi connectivity index (χ4n) is 2.44. The zero-order valence-electron chi connectivity index (χ0n) is 9.69. The summed E-state index contributed by atoms with van der Waals surface area (Å²) < 4.78 is 15.1. The molecule has 0 amide bonds. The first kappa shape index (κ1) is 10.6. The van der Waals surface area contributed by atoms with E-state index < -0.39 is 0 Å². The van der Waals surface area contributed by atoms with Crippen LogP contribution in [-0.4, -0.2) is 9.55 Å². The maximum atomic E-state index is 13.2. The summed E-state index contributed by atoms with van der Waals surface area (Å²) in [6.45, 7) is 0.844. The molecule has 4 heteroatoms. The summed E-state index contributed by atoms with van der Waals surface area (Å²) in [5, 5.41) is 0. The third kappa shape index (κ3) is 1.88. The molecule has 1 aliphatic carbocycles. The van der Waals surface area contributed by atoms with Crippen LogP contribution < -0.4 is 5.73 Å². The van der Waals surface area contributed by atoms with Gasteiger partial charge < -0.3 is 10.3 Å². The largest absolute Gasteiger partial charge is 0.369 e. The molecule has 0 saturated heterocycles. The molecule has 1 aromatic heterocycles. The quantitative estimate of drug-likeness (QED) is 0.885. The molecule has 3 rings (SSSR count). The van der Waals surface area contributed by atoms with Crippen LogP contribution in [0.15, 0.2) is 18.2 Å². The summed E-state index contributed by atoms with van der Waals surface area (Å²) in [5.74, 6) is 1.08. The average Bonchev–Trinajstić information content (AvgIpc) is 2.53. The van der Waals surface area contributed by atoms with Crippen LogP contribution in [-0.2, 0) is 6.54 Å². The average molecular weight is 233 g/mol. The molecule has 0 aliphatic heterocycles. The van der Waals surface area contributed by atoms with Crippen molar-refractivity contribution in [1.29, 1.82) is 0 Å². The Bertz CT molecular complexity index is 543. The van der Waals surface area contributed by atoms with Gasteiger partial charge in [-0.15, -0.1) is 0 Å². The molecule has 2 N–H and O–H groups in total. The Balaban J connectivity index is 1.90. The molecule has 0 atom stereocenters. The number of aryl methyl sites for hydroxylation is 1. The second kappa shape index (κ2) is 4.02. The molecule has 1 saturated carbocycles. The van der Waals surface area contributed by atoms with E-state index in [1.807, 2.05) is 4.57 Å². The zero-order chi connectivity index (χ0) is 11.8. The minimum absolute atomic E-state index is 0.234. The van der Waals surface area contributed by atoms with Gasteiger partial charge in [0, 0.05) is 6.54 Å². The van der Waals surface area contributed by atoms with Crippen molar-refractivity contribution in [3.8, 4) is 0 Å². The number of anilines is 1. The normalized spacial score (nSPS) is 16.3. The lowest BCUT2D eigenvalue weighted by molar-refractivity contribution is 0.284. The highest BCUT2D eigenvalue weighted by molar-refractivity contribution is 5.78. The van der Waals surface area contributed by atoms with Gasteiger partial charge in [0.05, 0.1) is 11.0 Å². The fraction of sp³-hybridized carbons (Fsp3) is 0.462. The standard InChI is InChI=1S/C13H16FN3/c14-10-4-5-11-12(8-10)17(13(15)16-11)7-6-9-2-1-3-9/h4-5,8-9H,1-3,6-7H2,(H2,15,16). The maximum Gasteiger partial charge on any atom is 0.201 e. The van der Waals surface area contributed by atoms with Crippen molar-refractivity contribution in [2.24, 2.45) is 5.92 Å². The van der Waals surface area contributed by atoms with Gasteiger partial charge in [0.2, 0.25) is 5.95 Å². The molecule has 1 aliphatic rings. The van der Waals surface area contributed by atoms with Gasteiger partial charge in [-0.05, 0) is 30.5 Å². The van der Waals surface area contributed by atoms with Crippen molar-refractivity contribution in [1.82, 2.24) is 9.55 Å². The number of benzene rings is 1. The summed E-state index contributed by atoms with van der Waals surface area (Å²) in [5.41, 5.74) is 7.46. The summed E-state index contributed by atoms with van der Waals surface area (Å²) in [6, 6.07) is 4.62. The summed E-state index contributed by atoms with van der Waals surface area (Å²) >= 11 is 0. The van der Waals surface area contributed by atoms with Crippen molar-refractivity contribution in [2.45, 2.75) is 32.2 Å². The van der Waals surface area contributed by atoms with E-state index in [-0.39, 0.29) is 5.82 Å². The van der Waals surface area contributed by atoms with Gasteiger partial charge in [0.15, 0.2) is 0 Å². The predicted molar refractivity (Wildman–Crippen MR) is 66.1 cm³/mol. The van der Waals surface area contributed by atoms with Gasteiger partial charge in [0.1, 0.15) is 5.82 Å². The van der Waals surface area contributed by atoms with Gasteiger partial charge in [-0.2, -0.15) is 0 Å². The molecule has 1 aromatic carbocycles. The van der Waals surface area contributed by atoms with E-state index in [9.17, 15) is 4.39 Å². The summed E-state index contributed by atoms with van der Waals surface area (Å²) in [6.07, 6.45) is 5.10. The van der Waals surface area contributed by atoms with E-state index in [4.69, 9.17) is 5.73 Å². The molecule has 0 bridgehead atoms. The molecule has 0 unspecified atom stereocenters. The zero-order valence-corrected chi connectivity index (χ0v) is 9.69. The maximum absolute atomic E-state index is 13.2. The van der Waals surface area contributed by atoms with Crippen LogP contribution in [0.4, 0.5) is 10.3 Å². The van der Waals surface area contributed by atoms with E-state index in [0.717, 1.165) is 29.9 Å². The number of nitrogens with zero attached hydrogens (tertiary/aromatic N) is 2. The van der Waals surface area contributed by atoms with Crippen molar-refractivity contribution in [3.05, 3.63) is 24.0 Å². The lowest BCUT2D eigenvalue weighted by Gasteiger charge is -2.25. The third-order valence-electron chi connectivity index (χ3n) is 3.73. The minimum Gasteiger partial charge on any atom is -0.369 e. The first-order chi connectivity index (χ1) is 8.24. The monoisotopic (exact) mass is 233 g/mol.